The van der Waals surface area contributed by atoms with Crippen molar-refractivity contribution in [1.29, 1.82) is 0 Å². The highest BCUT2D eigenvalue weighted by Gasteiger charge is 2.19. The zero-order chi connectivity index (χ0) is 44.4. The summed E-state index contributed by atoms with van der Waals surface area (Å²) in [5, 5.41) is 0. The van der Waals surface area contributed by atoms with Crippen LogP contribution < -0.4 is 0 Å². The van der Waals surface area contributed by atoms with Crippen LogP contribution in [0.2, 0.25) is 0 Å². The summed E-state index contributed by atoms with van der Waals surface area (Å²) in [4.78, 5) is 37.8. The Labute approximate surface area is 373 Å². The molecule has 0 aliphatic rings. The zero-order valence-corrected chi connectivity index (χ0v) is 38.9. The molecule has 1 unspecified atom stereocenters. The molecule has 1 atom stereocenters. The Morgan fingerprint density at radius 1 is 0.361 bits per heavy atom. The third kappa shape index (κ3) is 46.7. The summed E-state index contributed by atoms with van der Waals surface area (Å²) >= 11 is 0. The Bertz CT molecular complexity index is 1340. The number of hydrogen-bond donors (Lipinski definition) is 0. The van der Waals surface area contributed by atoms with Crippen LogP contribution in [-0.4, -0.2) is 37.2 Å². The van der Waals surface area contributed by atoms with Crippen LogP contribution in [0.25, 0.3) is 0 Å². The zero-order valence-electron chi connectivity index (χ0n) is 38.9. The van der Waals surface area contributed by atoms with Crippen molar-refractivity contribution in [1.82, 2.24) is 0 Å². The van der Waals surface area contributed by atoms with Gasteiger partial charge in [-0.15, -0.1) is 0 Å². The fourth-order valence-corrected chi connectivity index (χ4v) is 6.09. The second-order valence-corrected chi connectivity index (χ2v) is 15.4. The van der Waals surface area contributed by atoms with Crippen molar-refractivity contribution in [2.45, 2.75) is 194 Å². The second kappa shape index (κ2) is 48.5. The molecule has 0 spiro atoms. The molecule has 0 aliphatic carbocycles. The van der Waals surface area contributed by atoms with Gasteiger partial charge in [-0.05, 0) is 64.2 Å². The Morgan fingerprint density at radius 2 is 0.738 bits per heavy atom. The van der Waals surface area contributed by atoms with Crippen molar-refractivity contribution in [2.24, 2.45) is 0 Å². The van der Waals surface area contributed by atoms with Gasteiger partial charge in [0.2, 0.25) is 0 Å². The molecule has 61 heavy (non-hydrogen) atoms. The van der Waals surface area contributed by atoms with Crippen molar-refractivity contribution >= 4 is 17.9 Å². The molecular formula is C55H86O6. The van der Waals surface area contributed by atoms with Crippen LogP contribution in [-0.2, 0) is 28.6 Å². The molecular weight excluding hydrogens is 757 g/mol. The van der Waals surface area contributed by atoms with Crippen molar-refractivity contribution in [3.8, 4) is 0 Å². The number of hydrogen-bond acceptors (Lipinski definition) is 6. The van der Waals surface area contributed by atoms with Gasteiger partial charge in [0.25, 0.3) is 0 Å². The highest BCUT2D eigenvalue weighted by Crippen LogP contribution is 2.14. The minimum atomic E-state index is -0.817. The molecule has 0 saturated heterocycles. The Kier molecular flexibility index (Phi) is 45.1. The number of allylic oxidation sites excluding steroid dienone is 20. The standard InChI is InChI=1S/C55H86O6/c1-4-7-10-13-16-19-22-24-25-26-27-28-29-31-33-36-39-42-45-48-54(57)60-51-52(50-59-53(56)47-44-41-38-35-32-21-18-15-12-9-6-3)61-55(58)49-46-43-40-37-34-30-23-20-17-14-11-8-5-2/h7,9-10,12-13,16,18-19,21-22,24-29,31,33,35,38,52H,4-6,8,11,14-15,17,20,23,30,32,34,36-37,39-51H2,1-3H3/b10-7-,12-9-,16-13-,21-18-,22-19-,25-24-,27-26+,29-28-,33-31-,38-35-. The number of unbranched alkanes of at least 4 members (excludes halogenated alkanes) is 16. The van der Waals surface area contributed by atoms with Gasteiger partial charge in [0, 0.05) is 19.3 Å². The van der Waals surface area contributed by atoms with E-state index >= 15 is 0 Å². The molecule has 0 saturated carbocycles. The molecule has 0 fully saturated rings. The molecule has 6 heteroatoms. The number of esters is 3. The first kappa shape index (κ1) is 56.8. The first-order chi connectivity index (χ1) is 30.0. The van der Waals surface area contributed by atoms with E-state index in [4.69, 9.17) is 14.2 Å². The van der Waals surface area contributed by atoms with E-state index in [1.165, 1.54) is 64.2 Å². The average Bonchev–Trinajstić information content (AvgIpc) is 3.26. The molecule has 0 rings (SSSR count). The van der Waals surface area contributed by atoms with Crippen LogP contribution in [0, 0.1) is 0 Å². The van der Waals surface area contributed by atoms with Gasteiger partial charge in [0.1, 0.15) is 13.2 Å². The quantitative estimate of drug-likeness (QED) is 0.0201. The topological polar surface area (TPSA) is 78.9 Å². The van der Waals surface area contributed by atoms with E-state index in [-0.39, 0.29) is 37.5 Å². The van der Waals surface area contributed by atoms with Gasteiger partial charge in [0.05, 0.1) is 0 Å². The average molecular weight is 843 g/mol. The number of ether oxygens (including phenoxy) is 3. The van der Waals surface area contributed by atoms with Crippen molar-refractivity contribution in [2.75, 3.05) is 13.2 Å². The summed E-state index contributed by atoms with van der Waals surface area (Å²) in [6.45, 7) is 6.26. The van der Waals surface area contributed by atoms with Gasteiger partial charge in [0.15, 0.2) is 6.10 Å². The van der Waals surface area contributed by atoms with E-state index in [0.29, 0.717) is 19.3 Å². The number of carbonyl (C=O) groups excluding carboxylic acids is 3. The summed E-state index contributed by atoms with van der Waals surface area (Å²) in [5.74, 6) is -1.02. The van der Waals surface area contributed by atoms with Crippen molar-refractivity contribution in [3.63, 3.8) is 0 Å². The molecule has 342 valence electrons. The number of rotatable bonds is 41. The molecule has 0 radical (unpaired) electrons. The third-order valence-corrected chi connectivity index (χ3v) is 9.66. The van der Waals surface area contributed by atoms with Gasteiger partial charge in [-0.25, -0.2) is 0 Å². The van der Waals surface area contributed by atoms with Crippen LogP contribution in [0.1, 0.15) is 188 Å². The summed E-state index contributed by atoms with van der Waals surface area (Å²) in [6, 6.07) is 0. The summed E-state index contributed by atoms with van der Waals surface area (Å²) in [5.41, 5.74) is 0. The number of carbonyl (C=O) groups is 3. The van der Waals surface area contributed by atoms with Gasteiger partial charge in [-0.2, -0.15) is 0 Å². The van der Waals surface area contributed by atoms with Crippen LogP contribution >= 0.6 is 0 Å². The predicted octanol–water partition coefficient (Wildman–Crippen LogP) is 15.7. The lowest BCUT2D eigenvalue weighted by atomic mass is 10.0. The molecule has 0 aromatic rings. The maximum Gasteiger partial charge on any atom is 0.306 e. The van der Waals surface area contributed by atoms with Crippen molar-refractivity contribution < 1.29 is 28.6 Å². The maximum atomic E-state index is 12.7. The molecule has 6 nitrogen and oxygen atoms in total. The van der Waals surface area contributed by atoms with E-state index < -0.39 is 6.10 Å². The molecule has 0 bridgehead atoms. The minimum Gasteiger partial charge on any atom is -0.462 e. The Hall–Kier alpha value is -4.19. The normalized spacial score (nSPS) is 13.2. The lowest BCUT2D eigenvalue weighted by Crippen LogP contribution is -2.30. The largest absolute Gasteiger partial charge is 0.462 e. The molecule has 0 heterocycles. The Morgan fingerprint density at radius 3 is 1.25 bits per heavy atom. The lowest BCUT2D eigenvalue weighted by molar-refractivity contribution is -0.167. The van der Waals surface area contributed by atoms with Crippen LogP contribution in [0.5, 0.6) is 0 Å². The van der Waals surface area contributed by atoms with E-state index in [0.717, 1.165) is 77.0 Å². The summed E-state index contributed by atoms with van der Waals surface area (Å²) < 4.78 is 16.7. The van der Waals surface area contributed by atoms with Crippen LogP contribution in [0.3, 0.4) is 0 Å². The van der Waals surface area contributed by atoms with Gasteiger partial charge in [-0.3, -0.25) is 14.4 Å². The fraction of sp³-hybridized carbons (Fsp3) is 0.582. The van der Waals surface area contributed by atoms with Gasteiger partial charge < -0.3 is 14.2 Å². The van der Waals surface area contributed by atoms with E-state index in [9.17, 15) is 14.4 Å². The predicted molar refractivity (Wildman–Crippen MR) is 260 cm³/mol. The summed E-state index contributed by atoms with van der Waals surface area (Å²) in [6.07, 6.45) is 66.1. The lowest BCUT2D eigenvalue weighted by Gasteiger charge is -2.18. The maximum absolute atomic E-state index is 12.7. The third-order valence-electron chi connectivity index (χ3n) is 9.66. The molecule has 0 amide bonds. The first-order valence-corrected chi connectivity index (χ1v) is 24.1. The molecule has 0 N–H and O–H groups in total. The van der Waals surface area contributed by atoms with Gasteiger partial charge >= 0.3 is 17.9 Å². The SMILES string of the molecule is CC\C=C/C=C\C=C/C=C\C=C\C=C/C=C\CCCCCC(=O)OCC(COC(=O)CCC/C=C\C/C=C\C/C=C\CC)OC(=O)CCCCCCCCCCCCCCC. The van der Waals surface area contributed by atoms with E-state index in [1.807, 2.05) is 72.9 Å². The van der Waals surface area contributed by atoms with Gasteiger partial charge in [-0.1, -0.05) is 226 Å². The van der Waals surface area contributed by atoms with E-state index in [1.54, 1.807) is 0 Å². The smallest absolute Gasteiger partial charge is 0.306 e. The fourth-order valence-electron chi connectivity index (χ4n) is 6.09. The summed E-state index contributed by atoms with van der Waals surface area (Å²) in [7, 11) is 0. The Balaban J connectivity index is 4.54. The van der Waals surface area contributed by atoms with Crippen LogP contribution in [0.4, 0.5) is 0 Å². The van der Waals surface area contributed by atoms with Crippen molar-refractivity contribution in [3.05, 3.63) is 122 Å². The monoisotopic (exact) mass is 843 g/mol. The molecule has 0 aliphatic heterocycles. The van der Waals surface area contributed by atoms with E-state index in [2.05, 4.69) is 69.4 Å². The first-order valence-electron chi connectivity index (χ1n) is 24.1. The van der Waals surface area contributed by atoms with Crippen LogP contribution in [0.15, 0.2) is 122 Å². The minimum absolute atomic E-state index is 0.120. The highest BCUT2D eigenvalue weighted by atomic mass is 16.6. The molecule has 0 aromatic carbocycles. The second-order valence-electron chi connectivity index (χ2n) is 15.4. The molecule has 0 aromatic heterocycles. The highest BCUT2D eigenvalue weighted by molar-refractivity contribution is 5.71.